The number of likely N-dealkylation sites (tertiary alicyclic amines) is 1. The molecule has 2 aliphatic rings. The summed E-state index contributed by atoms with van der Waals surface area (Å²) in [6.45, 7) is 2.69. The van der Waals surface area contributed by atoms with E-state index in [0.717, 1.165) is 24.5 Å². The van der Waals surface area contributed by atoms with Crippen LogP contribution in [0.4, 0.5) is 0 Å². The summed E-state index contributed by atoms with van der Waals surface area (Å²) < 4.78 is 0. The average molecular weight is 352 g/mol. The van der Waals surface area contributed by atoms with Gasteiger partial charge < -0.3 is 10.0 Å². The number of aliphatic hydroxyl groups is 1. The molecule has 3 rings (SSSR count). The second-order valence-corrected chi connectivity index (χ2v) is 8.47. The maximum absolute atomic E-state index is 12.9. The standard InChI is InChI=1S/C18H29N3O2S/c1-20(13-16-19-9-11-24-16)14-18(23)8-5-10-21(17(18)22)12-15-6-3-2-4-7-15/h9,11,15,23H,2-8,10,12-14H2,1H3/t18-/m1/s1. The highest BCUT2D eigenvalue weighted by Crippen LogP contribution is 2.29. The zero-order valence-corrected chi connectivity index (χ0v) is 15.4. The molecule has 24 heavy (non-hydrogen) atoms. The number of carbonyl (C=O) groups excluding carboxylic acids is 1. The van der Waals surface area contributed by atoms with Gasteiger partial charge in [0, 0.05) is 31.2 Å². The first-order chi connectivity index (χ1) is 11.6. The Hall–Kier alpha value is -0.980. The minimum Gasteiger partial charge on any atom is -0.379 e. The second-order valence-electron chi connectivity index (χ2n) is 7.49. The van der Waals surface area contributed by atoms with Gasteiger partial charge in [0.15, 0.2) is 5.60 Å². The molecule has 1 saturated carbocycles. The van der Waals surface area contributed by atoms with E-state index >= 15 is 0 Å². The third-order valence-corrected chi connectivity index (χ3v) is 6.09. The van der Waals surface area contributed by atoms with Crippen LogP contribution in [-0.4, -0.2) is 58.1 Å². The minimum absolute atomic E-state index is 0.0645. The van der Waals surface area contributed by atoms with E-state index in [1.807, 2.05) is 22.2 Å². The number of amides is 1. The number of rotatable bonds is 6. The van der Waals surface area contributed by atoms with Gasteiger partial charge in [-0.1, -0.05) is 19.3 Å². The smallest absolute Gasteiger partial charge is 0.255 e. The highest BCUT2D eigenvalue weighted by atomic mass is 32.1. The van der Waals surface area contributed by atoms with Gasteiger partial charge in [-0.05, 0) is 38.6 Å². The summed E-state index contributed by atoms with van der Waals surface area (Å²) in [4.78, 5) is 21.1. The van der Waals surface area contributed by atoms with Crippen LogP contribution in [0.15, 0.2) is 11.6 Å². The highest BCUT2D eigenvalue weighted by molar-refractivity contribution is 7.09. The molecule has 5 nitrogen and oxygen atoms in total. The number of hydrogen-bond acceptors (Lipinski definition) is 5. The largest absolute Gasteiger partial charge is 0.379 e. The molecule has 0 aromatic carbocycles. The van der Waals surface area contributed by atoms with Crippen LogP contribution in [0.25, 0.3) is 0 Å². The van der Waals surface area contributed by atoms with Crippen molar-refractivity contribution in [2.45, 2.75) is 57.1 Å². The van der Waals surface area contributed by atoms with Gasteiger partial charge >= 0.3 is 0 Å². The molecular formula is C18H29N3O2S. The molecule has 1 saturated heterocycles. The van der Waals surface area contributed by atoms with Crippen molar-refractivity contribution >= 4 is 17.2 Å². The molecule has 1 N–H and O–H groups in total. The number of thiazole rings is 1. The van der Waals surface area contributed by atoms with Crippen LogP contribution in [-0.2, 0) is 11.3 Å². The van der Waals surface area contributed by atoms with Crippen molar-refractivity contribution < 1.29 is 9.90 Å². The number of nitrogens with zero attached hydrogens (tertiary/aromatic N) is 3. The maximum atomic E-state index is 12.9. The third kappa shape index (κ3) is 4.35. The zero-order chi connectivity index (χ0) is 17.0. The van der Waals surface area contributed by atoms with Gasteiger partial charge in [-0.3, -0.25) is 9.69 Å². The van der Waals surface area contributed by atoms with E-state index in [1.54, 1.807) is 17.5 Å². The first-order valence-electron chi connectivity index (χ1n) is 9.15. The molecule has 1 atom stereocenters. The molecule has 2 heterocycles. The fourth-order valence-corrected chi connectivity index (χ4v) is 4.83. The normalized spacial score (nSPS) is 26.3. The molecule has 0 bridgehead atoms. The van der Waals surface area contributed by atoms with Crippen LogP contribution < -0.4 is 0 Å². The maximum Gasteiger partial charge on any atom is 0.255 e. The van der Waals surface area contributed by atoms with Gasteiger partial charge in [0.25, 0.3) is 5.91 Å². The van der Waals surface area contributed by atoms with Crippen molar-refractivity contribution in [3.05, 3.63) is 16.6 Å². The van der Waals surface area contributed by atoms with E-state index in [2.05, 4.69) is 4.98 Å². The van der Waals surface area contributed by atoms with E-state index in [4.69, 9.17) is 0 Å². The van der Waals surface area contributed by atoms with Crippen molar-refractivity contribution in [2.24, 2.45) is 5.92 Å². The van der Waals surface area contributed by atoms with Gasteiger partial charge in [0.05, 0.1) is 6.54 Å². The topological polar surface area (TPSA) is 56.7 Å². The summed E-state index contributed by atoms with van der Waals surface area (Å²) >= 11 is 1.61. The Bertz CT molecular complexity index is 530. The van der Waals surface area contributed by atoms with Crippen molar-refractivity contribution in [1.29, 1.82) is 0 Å². The van der Waals surface area contributed by atoms with Crippen molar-refractivity contribution in [2.75, 3.05) is 26.7 Å². The molecule has 1 aliphatic carbocycles. The summed E-state index contributed by atoms with van der Waals surface area (Å²) in [6, 6.07) is 0. The minimum atomic E-state index is -1.24. The van der Waals surface area contributed by atoms with E-state index in [0.29, 0.717) is 25.4 Å². The summed E-state index contributed by atoms with van der Waals surface area (Å²) in [6.07, 6.45) is 9.60. The van der Waals surface area contributed by atoms with Gasteiger partial charge in [-0.15, -0.1) is 11.3 Å². The van der Waals surface area contributed by atoms with Gasteiger partial charge in [-0.25, -0.2) is 4.98 Å². The van der Waals surface area contributed by atoms with Crippen LogP contribution >= 0.6 is 11.3 Å². The Morgan fingerprint density at radius 3 is 2.88 bits per heavy atom. The predicted molar refractivity (Wildman–Crippen MR) is 95.8 cm³/mol. The first-order valence-corrected chi connectivity index (χ1v) is 10.0. The zero-order valence-electron chi connectivity index (χ0n) is 14.6. The first kappa shape index (κ1) is 17.8. The van der Waals surface area contributed by atoms with Crippen molar-refractivity contribution in [1.82, 2.24) is 14.8 Å². The number of likely N-dealkylation sites (N-methyl/N-ethyl adjacent to an activating group) is 1. The number of carbonyl (C=O) groups is 1. The Balaban J connectivity index is 1.57. The van der Waals surface area contributed by atoms with Crippen LogP contribution in [0.3, 0.4) is 0 Å². The number of piperidine rings is 1. The Morgan fingerprint density at radius 1 is 1.38 bits per heavy atom. The quantitative estimate of drug-likeness (QED) is 0.856. The lowest BCUT2D eigenvalue weighted by Crippen LogP contribution is -2.58. The molecule has 0 unspecified atom stereocenters. The predicted octanol–water partition coefficient (Wildman–Crippen LogP) is 2.51. The van der Waals surface area contributed by atoms with E-state index in [-0.39, 0.29) is 5.91 Å². The number of hydrogen-bond donors (Lipinski definition) is 1. The molecule has 0 radical (unpaired) electrons. The fraction of sp³-hybridized carbons (Fsp3) is 0.778. The third-order valence-electron chi connectivity index (χ3n) is 5.33. The van der Waals surface area contributed by atoms with Gasteiger partial charge in [0.1, 0.15) is 5.01 Å². The molecule has 0 spiro atoms. The molecule has 134 valence electrons. The van der Waals surface area contributed by atoms with Gasteiger partial charge in [-0.2, -0.15) is 0 Å². The van der Waals surface area contributed by atoms with Crippen LogP contribution in [0.2, 0.25) is 0 Å². The lowest BCUT2D eigenvalue weighted by Gasteiger charge is -2.41. The Kier molecular flexibility index (Phi) is 5.89. The monoisotopic (exact) mass is 351 g/mol. The van der Waals surface area contributed by atoms with E-state index < -0.39 is 5.60 Å². The van der Waals surface area contributed by atoms with Crippen molar-refractivity contribution in [3.8, 4) is 0 Å². The summed E-state index contributed by atoms with van der Waals surface area (Å²) in [7, 11) is 1.95. The summed E-state index contributed by atoms with van der Waals surface area (Å²) in [5.74, 6) is 0.559. The van der Waals surface area contributed by atoms with Crippen LogP contribution in [0, 0.1) is 5.92 Å². The summed E-state index contributed by atoms with van der Waals surface area (Å²) in [5, 5.41) is 14.0. The number of aromatic nitrogens is 1. The lowest BCUT2D eigenvalue weighted by atomic mass is 9.86. The van der Waals surface area contributed by atoms with Crippen LogP contribution in [0.1, 0.15) is 50.0 Å². The van der Waals surface area contributed by atoms with Gasteiger partial charge in [0.2, 0.25) is 0 Å². The van der Waals surface area contributed by atoms with E-state index in [1.165, 1.54) is 32.1 Å². The molecule has 6 heteroatoms. The molecular weight excluding hydrogens is 322 g/mol. The lowest BCUT2D eigenvalue weighted by molar-refractivity contribution is -0.160. The van der Waals surface area contributed by atoms with Crippen molar-refractivity contribution in [3.63, 3.8) is 0 Å². The molecule has 1 aliphatic heterocycles. The van der Waals surface area contributed by atoms with Crippen LogP contribution in [0.5, 0.6) is 0 Å². The Morgan fingerprint density at radius 2 is 2.17 bits per heavy atom. The highest BCUT2D eigenvalue weighted by Gasteiger charge is 2.43. The summed E-state index contributed by atoms with van der Waals surface area (Å²) in [5.41, 5.74) is -1.24. The second kappa shape index (κ2) is 7.93. The SMILES string of the molecule is CN(Cc1nccs1)C[C@]1(O)CCCN(CC2CCCCC2)C1=O. The molecule has 1 aromatic heterocycles. The van der Waals surface area contributed by atoms with E-state index in [9.17, 15) is 9.90 Å². The fourth-order valence-electron chi connectivity index (χ4n) is 4.13. The molecule has 1 aromatic rings. The molecule has 1 amide bonds. The molecule has 2 fully saturated rings. The average Bonchev–Trinajstić information content (AvgIpc) is 3.06. The Labute approximate surface area is 148 Å².